The first-order valence-electron chi connectivity index (χ1n) is 11.7. The summed E-state index contributed by atoms with van der Waals surface area (Å²) in [5.74, 6) is 1.23. The molecule has 2 aromatic rings. The average molecular weight is 469 g/mol. The molecule has 1 aliphatic carbocycles. The van der Waals surface area contributed by atoms with Gasteiger partial charge in [0.15, 0.2) is 0 Å². The standard InChI is InChI=1S/C26H33ClN4S/c1-4-8-23(29-18(2)28-22-11-5-6-12-22)25-24(20-9-7-10-21(27)17-20)30-26(32-25)19-13-15-31(3)16-14-19/h4,7-10,17,19,22,28H,2,5-6,11-16H2,1,3H3/b8-4-,29-23+. The zero-order chi connectivity index (χ0) is 22.5. The van der Waals surface area contributed by atoms with Crippen LogP contribution in [0, 0.1) is 0 Å². The third-order valence-electron chi connectivity index (χ3n) is 6.35. The Morgan fingerprint density at radius 1 is 1.25 bits per heavy atom. The first-order valence-corrected chi connectivity index (χ1v) is 12.9. The molecule has 2 aliphatic rings. The molecule has 1 N–H and O–H groups in total. The van der Waals surface area contributed by atoms with Gasteiger partial charge in [0.05, 0.1) is 21.3 Å². The molecule has 1 aromatic carbocycles. The number of likely N-dealkylation sites (tertiary alicyclic amines) is 1. The summed E-state index contributed by atoms with van der Waals surface area (Å²) in [6.07, 6.45) is 11.4. The quantitative estimate of drug-likeness (QED) is 0.463. The van der Waals surface area contributed by atoms with Crippen LogP contribution < -0.4 is 5.32 Å². The number of aromatic nitrogens is 1. The zero-order valence-electron chi connectivity index (χ0n) is 19.1. The molecule has 1 saturated carbocycles. The van der Waals surface area contributed by atoms with Crippen molar-refractivity contribution in [3.63, 3.8) is 0 Å². The summed E-state index contributed by atoms with van der Waals surface area (Å²) in [6.45, 7) is 8.47. The van der Waals surface area contributed by atoms with Crippen LogP contribution in [0.25, 0.3) is 11.3 Å². The Labute approximate surface area is 201 Å². The van der Waals surface area contributed by atoms with Gasteiger partial charge in [-0.3, -0.25) is 0 Å². The number of hydrogen-bond donors (Lipinski definition) is 1. The number of benzene rings is 1. The lowest BCUT2D eigenvalue weighted by molar-refractivity contribution is 0.255. The molecule has 4 rings (SSSR count). The van der Waals surface area contributed by atoms with Crippen LogP contribution in [0.2, 0.25) is 5.02 Å². The van der Waals surface area contributed by atoms with Crippen LogP contribution in [0.15, 0.2) is 53.8 Å². The van der Waals surface area contributed by atoms with Gasteiger partial charge in [-0.1, -0.05) is 49.2 Å². The van der Waals surface area contributed by atoms with E-state index in [-0.39, 0.29) is 0 Å². The van der Waals surface area contributed by atoms with Crippen LogP contribution >= 0.6 is 22.9 Å². The number of hydrogen-bond acceptors (Lipinski definition) is 5. The minimum atomic E-state index is 0.488. The van der Waals surface area contributed by atoms with E-state index in [0.717, 1.165) is 58.6 Å². The molecule has 1 aliphatic heterocycles. The summed E-state index contributed by atoms with van der Waals surface area (Å²) in [5, 5.41) is 5.45. The van der Waals surface area contributed by atoms with E-state index < -0.39 is 0 Å². The van der Waals surface area contributed by atoms with E-state index >= 15 is 0 Å². The minimum Gasteiger partial charge on any atom is -0.368 e. The number of piperidine rings is 1. The van der Waals surface area contributed by atoms with Gasteiger partial charge in [-0.15, -0.1) is 11.3 Å². The topological polar surface area (TPSA) is 40.5 Å². The van der Waals surface area contributed by atoms with Crippen molar-refractivity contribution in [3.8, 4) is 11.3 Å². The van der Waals surface area contributed by atoms with Crippen molar-refractivity contribution in [2.45, 2.75) is 57.4 Å². The Morgan fingerprint density at radius 3 is 2.69 bits per heavy atom. The molecule has 1 saturated heterocycles. The van der Waals surface area contributed by atoms with Crippen molar-refractivity contribution < 1.29 is 0 Å². The summed E-state index contributed by atoms with van der Waals surface area (Å²) in [5.41, 5.74) is 2.92. The molecule has 32 heavy (non-hydrogen) atoms. The van der Waals surface area contributed by atoms with E-state index in [2.05, 4.69) is 36.0 Å². The van der Waals surface area contributed by atoms with E-state index in [1.807, 2.05) is 31.2 Å². The minimum absolute atomic E-state index is 0.488. The van der Waals surface area contributed by atoms with Gasteiger partial charge in [0, 0.05) is 22.5 Å². The Kier molecular flexibility index (Phi) is 7.82. The van der Waals surface area contributed by atoms with E-state index in [0.29, 0.717) is 12.0 Å². The average Bonchev–Trinajstić information content (AvgIpc) is 3.44. The highest BCUT2D eigenvalue weighted by Crippen LogP contribution is 2.37. The highest BCUT2D eigenvalue weighted by molar-refractivity contribution is 7.14. The monoisotopic (exact) mass is 468 g/mol. The predicted molar refractivity (Wildman–Crippen MR) is 138 cm³/mol. The molecule has 4 nitrogen and oxygen atoms in total. The highest BCUT2D eigenvalue weighted by Gasteiger charge is 2.25. The first-order chi connectivity index (χ1) is 15.5. The largest absolute Gasteiger partial charge is 0.368 e. The number of thiazole rings is 1. The van der Waals surface area contributed by atoms with Gasteiger partial charge in [0.1, 0.15) is 5.82 Å². The SMILES string of the molecule is C=C(/N=C(\C=C/C)c1sc(C2CCN(C)CC2)nc1-c1cccc(Cl)c1)NC1CCCC1. The summed E-state index contributed by atoms with van der Waals surface area (Å²) >= 11 is 8.12. The van der Waals surface area contributed by atoms with E-state index in [4.69, 9.17) is 21.6 Å². The number of halogens is 1. The lowest BCUT2D eigenvalue weighted by Gasteiger charge is -2.27. The molecule has 0 amide bonds. The number of nitrogens with zero attached hydrogens (tertiary/aromatic N) is 3. The molecule has 2 heterocycles. The first kappa shape index (κ1) is 23.2. The van der Waals surface area contributed by atoms with Gasteiger partial charge in [0.25, 0.3) is 0 Å². The fourth-order valence-electron chi connectivity index (χ4n) is 4.58. The predicted octanol–water partition coefficient (Wildman–Crippen LogP) is 6.64. The summed E-state index contributed by atoms with van der Waals surface area (Å²) in [6, 6.07) is 8.47. The molecule has 6 heteroatoms. The molecule has 0 radical (unpaired) electrons. The van der Waals surface area contributed by atoms with Gasteiger partial charge in [-0.25, -0.2) is 9.98 Å². The highest BCUT2D eigenvalue weighted by atomic mass is 35.5. The fraction of sp³-hybridized carbons (Fsp3) is 0.462. The molecule has 0 bridgehead atoms. The third-order valence-corrected chi connectivity index (χ3v) is 7.82. The van der Waals surface area contributed by atoms with Gasteiger partial charge in [-0.05, 0) is 71.0 Å². The van der Waals surface area contributed by atoms with Gasteiger partial charge < -0.3 is 10.2 Å². The summed E-state index contributed by atoms with van der Waals surface area (Å²) in [7, 11) is 2.20. The number of rotatable bonds is 7. The molecule has 0 unspecified atom stereocenters. The molecule has 2 fully saturated rings. The molecular formula is C26H33ClN4S. The molecule has 0 spiro atoms. The third kappa shape index (κ3) is 5.69. The second-order valence-corrected chi connectivity index (χ2v) is 10.4. The number of nitrogens with one attached hydrogen (secondary N) is 1. The van der Waals surface area contributed by atoms with E-state index in [9.17, 15) is 0 Å². The second kappa shape index (κ2) is 10.8. The zero-order valence-corrected chi connectivity index (χ0v) is 20.7. The van der Waals surface area contributed by atoms with Crippen LogP contribution in [0.5, 0.6) is 0 Å². The van der Waals surface area contributed by atoms with Crippen molar-refractivity contribution in [1.82, 2.24) is 15.2 Å². The number of allylic oxidation sites excluding steroid dienone is 2. The van der Waals surface area contributed by atoms with Gasteiger partial charge >= 0.3 is 0 Å². The van der Waals surface area contributed by atoms with Crippen molar-refractivity contribution in [2.24, 2.45) is 4.99 Å². The fourth-order valence-corrected chi connectivity index (χ4v) is 5.99. The Morgan fingerprint density at radius 2 is 2.00 bits per heavy atom. The smallest absolute Gasteiger partial charge is 0.119 e. The maximum atomic E-state index is 6.34. The summed E-state index contributed by atoms with van der Waals surface area (Å²) < 4.78 is 0. The molecular weight excluding hydrogens is 436 g/mol. The summed E-state index contributed by atoms with van der Waals surface area (Å²) in [4.78, 5) is 13.6. The molecule has 1 aromatic heterocycles. The number of aliphatic imine (C=N–C) groups is 1. The van der Waals surface area contributed by atoms with Crippen LogP contribution in [-0.4, -0.2) is 41.8 Å². The molecule has 170 valence electrons. The Hall–Kier alpha value is -1.95. The van der Waals surface area contributed by atoms with Crippen LogP contribution in [0.4, 0.5) is 0 Å². The maximum Gasteiger partial charge on any atom is 0.119 e. The van der Waals surface area contributed by atoms with Crippen molar-refractivity contribution in [3.05, 3.63) is 63.7 Å². The van der Waals surface area contributed by atoms with Crippen molar-refractivity contribution >= 4 is 28.6 Å². The van der Waals surface area contributed by atoms with E-state index in [1.165, 1.54) is 30.7 Å². The normalized spacial score (nSPS) is 19.2. The maximum absolute atomic E-state index is 6.34. The van der Waals surface area contributed by atoms with Crippen LogP contribution in [0.1, 0.15) is 61.3 Å². The van der Waals surface area contributed by atoms with Gasteiger partial charge in [-0.2, -0.15) is 0 Å². The molecule has 0 atom stereocenters. The lowest BCUT2D eigenvalue weighted by Crippen LogP contribution is -2.29. The van der Waals surface area contributed by atoms with E-state index in [1.54, 1.807) is 11.3 Å². The Balaban J connectivity index is 1.71. The Bertz CT molecular complexity index is 995. The van der Waals surface area contributed by atoms with Crippen LogP contribution in [0.3, 0.4) is 0 Å². The van der Waals surface area contributed by atoms with Crippen molar-refractivity contribution in [2.75, 3.05) is 20.1 Å². The van der Waals surface area contributed by atoms with Crippen LogP contribution in [-0.2, 0) is 0 Å². The lowest BCUT2D eigenvalue weighted by atomic mass is 9.98. The second-order valence-electron chi connectivity index (χ2n) is 8.89. The van der Waals surface area contributed by atoms with Crippen molar-refractivity contribution in [1.29, 1.82) is 0 Å². The van der Waals surface area contributed by atoms with Gasteiger partial charge in [0.2, 0.25) is 0 Å².